The molecule has 0 radical (unpaired) electrons. The topological polar surface area (TPSA) is 38.0 Å². The fourth-order valence-electron chi connectivity index (χ4n) is 1.44. The zero-order valence-corrected chi connectivity index (χ0v) is 11.9. The molecule has 4 heteroatoms. The molecule has 2 aromatic rings. The molecular weight excluding hydrogens is 331 g/mol. The number of hydrogen-bond donors (Lipinski definition) is 2. The number of benzene rings is 1. The summed E-state index contributed by atoms with van der Waals surface area (Å²) in [6.07, 6.45) is 0. The molecule has 0 amide bonds. The Morgan fingerprint density at radius 3 is 2.75 bits per heavy atom. The van der Waals surface area contributed by atoms with Crippen molar-refractivity contribution in [2.75, 3.05) is 11.1 Å². The minimum Gasteiger partial charge on any atom is -0.399 e. The van der Waals surface area contributed by atoms with Crippen LogP contribution >= 0.6 is 33.9 Å². The minimum atomic E-state index is 0.807. The smallest absolute Gasteiger partial charge is 0.0494 e. The van der Waals surface area contributed by atoms with E-state index < -0.39 is 0 Å². The average molecular weight is 344 g/mol. The van der Waals surface area contributed by atoms with E-state index in [1.807, 2.05) is 29.5 Å². The van der Waals surface area contributed by atoms with E-state index >= 15 is 0 Å². The molecule has 0 spiro atoms. The van der Waals surface area contributed by atoms with Gasteiger partial charge in [-0.1, -0.05) is 0 Å². The second-order valence-electron chi connectivity index (χ2n) is 3.61. The summed E-state index contributed by atoms with van der Waals surface area (Å²) >= 11 is 4.12. The highest BCUT2D eigenvalue weighted by molar-refractivity contribution is 14.1. The Balaban J connectivity index is 2.04. The Labute approximate surface area is 113 Å². The zero-order chi connectivity index (χ0) is 11.5. The number of anilines is 2. The summed E-state index contributed by atoms with van der Waals surface area (Å²) in [6, 6.07) is 10.2. The van der Waals surface area contributed by atoms with Gasteiger partial charge in [0.15, 0.2) is 0 Å². The first-order chi connectivity index (χ1) is 7.65. The molecule has 16 heavy (non-hydrogen) atoms. The third-order valence-electron chi connectivity index (χ3n) is 2.24. The molecule has 0 aliphatic heterocycles. The van der Waals surface area contributed by atoms with Crippen molar-refractivity contribution in [3.8, 4) is 0 Å². The van der Waals surface area contributed by atoms with Crippen LogP contribution in [0, 0.1) is 10.5 Å². The van der Waals surface area contributed by atoms with Gasteiger partial charge < -0.3 is 11.1 Å². The summed E-state index contributed by atoms with van der Waals surface area (Å²) in [5, 5.41) is 3.42. The molecule has 0 atom stereocenters. The van der Waals surface area contributed by atoms with Crippen molar-refractivity contribution >= 4 is 45.3 Å². The van der Waals surface area contributed by atoms with E-state index in [1.165, 1.54) is 9.75 Å². The largest absolute Gasteiger partial charge is 0.399 e. The molecule has 1 heterocycles. The highest BCUT2D eigenvalue weighted by atomic mass is 127. The number of nitrogens with two attached hydrogens (primary N) is 1. The molecule has 0 bridgehead atoms. The number of thiophene rings is 1. The monoisotopic (exact) mass is 344 g/mol. The lowest BCUT2D eigenvalue weighted by Gasteiger charge is -2.07. The molecule has 0 saturated heterocycles. The van der Waals surface area contributed by atoms with Crippen molar-refractivity contribution in [3.63, 3.8) is 0 Å². The van der Waals surface area contributed by atoms with Crippen LogP contribution in [0.5, 0.6) is 0 Å². The highest BCUT2D eigenvalue weighted by Crippen LogP contribution is 2.22. The Morgan fingerprint density at radius 2 is 2.12 bits per heavy atom. The van der Waals surface area contributed by atoms with Gasteiger partial charge in [0.25, 0.3) is 0 Å². The van der Waals surface area contributed by atoms with Crippen LogP contribution in [-0.4, -0.2) is 0 Å². The maximum Gasteiger partial charge on any atom is 0.0494 e. The number of nitrogens with one attached hydrogen (secondary N) is 1. The molecule has 84 valence electrons. The second kappa shape index (κ2) is 5.05. The van der Waals surface area contributed by atoms with Crippen molar-refractivity contribution in [2.24, 2.45) is 0 Å². The molecule has 0 saturated carbocycles. The van der Waals surface area contributed by atoms with Gasteiger partial charge in [-0.2, -0.15) is 0 Å². The standard InChI is InChI=1S/C12H13IN2S/c1-8-2-4-10(16-8)7-15-12-5-3-9(14)6-11(12)13/h2-6,15H,7,14H2,1H3. The third-order valence-corrected chi connectivity index (χ3v) is 4.14. The summed E-state index contributed by atoms with van der Waals surface area (Å²) in [6.45, 7) is 3.00. The molecule has 2 rings (SSSR count). The number of hydrogen-bond acceptors (Lipinski definition) is 3. The maximum atomic E-state index is 5.71. The summed E-state index contributed by atoms with van der Waals surface area (Å²) in [4.78, 5) is 2.70. The first kappa shape index (κ1) is 11.7. The van der Waals surface area contributed by atoms with Crippen molar-refractivity contribution in [3.05, 3.63) is 43.7 Å². The summed E-state index contributed by atoms with van der Waals surface area (Å²) in [5.41, 5.74) is 7.65. The third kappa shape index (κ3) is 2.89. The van der Waals surface area contributed by atoms with E-state index in [-0.39, 0.29) is 0 Å². The van der Waals surface area contributed by atoms with Gasteiger partial charge in [0.1, 0.15) is 0 Å². The van der Waals surface area contributed by atoms with Crippen LogP contribution in [-0.2, 0) is 6.54 Å². The van der Waals surface area contributed by atoms with Crippen LogP contribution in [0.4, 0.5) is 11.4 Å². The predicted octanol–water partition coefficient (Wildman–Crippen LogP) is 3.86. The van der Waals surface area contributed by atoms with Crippen LogP contribution in [0.25, 0.3) is 0 Å². The number of nitrogen functional groups attached to an aromatic ring is 1. The fraction of sp³-hybridized carbons (Fsp3) is 0.167. The van der Waals surface area contributed by atoms with E-state index in [0.717, 1.165) is 21.5 Å². The number of halogens is 1. The molecule has 0 aliphatic carbocycles. The Hall–Kier alpha value is -0.750. The lowest BCUT2D eigenvalue weighted by molar-refractivity contribution is 1.19. The van der Waals surface area contributed by atoms with Crippen molar-refractivity contribution < 1.29 is 0 Å². The van der Waals surface area contributed by atoms with Gasteiger partial charge in [0.05, 0.1) is 0 Å². The zero-order valence-electron chi connectivity index (χ0n) is 8.96. The molecule has 0 unspecified atom stereocenters. The van der Waals surface area contributed by atoms with E-state index in [1.54, 1.807) is 0 Å². The van der Waals surface area contributed by atoms with E-state index in [4.69, 9.17) is 5.73 Å². The Morgan fingerprint density at radius 1 is 1.31 bits per heavy atom. The lowest BCUT2D eigenvalue weighted by atomic mass is 10.3. The predicted molar refractivity (Wildman–Crippen MR) is 80.0 cm³/mol. The van der Waals surface area contributed by atoms with Gasteiger partial charge in [0.2, 0.25) is 0 Å². The first-order valence-corrected chi connectivity index (χ1v) is 6.89. The maximum absolute atomic E-state index is 5.71. The summed E-state index contributed by atoms with van der Waals surface area (Å²) in [7, 11) is 0. The van der Waals surface area contributed by atoms with Crippen molar-refractivity contribution in [1.29, 1.82) is 0 Å². The SMILES string of the molecule is Cc1ccc(CNc2ccc(N)cc2I)s1. The molecule has 1 aromatic heterocycles. The van der Waals surface area contributed by atoms with Crippen molar-refractivity contribution in [1.82, 2.24) is 0 Å². The molecular formula is C12H13IN2S. The highest BCUT2D eigenvalue weighted by Gasteiger charge is 2.01. The molecule has 1 aromatic carbocycles. The normalized spacial score (nSPS) is 10.4. The van der Waals surface area contributed by atoms with Crippen LogP contribution in [0.1, 0.15) is 9.75 Å². The van der Waals surface area contributed by atoms with Gasteiger partial charge in [-0.25, -0.2) is 0 Å². The quantitative estimate of drug-likeness (QED) is 0.656. The first-order valence-electron chi connectivity index (χ1n) is 4.99. The Bertz CT molecular complexity index is 494. The van der Waals surface area contributed by atoms with Gasteiger partial charge >= 0.3 is 0 Å². The molecule has 0 aliphatic rings. The van der Waals surface area contributed by atoms with Gasteiger partial charge in [-0.3, -0.25) is 0 Å². The van der Waals surface area contributed by atoms with E-state index in [2.05, 4.69) is 47.0 Å². The van der Waals surface area contributed by atoms with Crippen LogP contribution in [0.3, 0.4) is 0 Å². The summed E-state index contributed by atoms with van der Waals surface area (Å²) in [5.74, 6) is 0. The lowest BCUT2D eigenvalue weighted by Crippen LogP contribution is -1.99. The molecule has 2 nitrogen and oxygen atoms in total. The average Bonchev–Trinajstić information content (AvgIpc) is 2.63. The van der Waals surface area contributed by atoms with Gasteiger partial charge in [-0.05, 0) is 59.8 Å². The van der Waals surface area contributed by atoms with Crippen LogP contribution in [0.15, 0.2) is 30.3 Å². The summed E-state index contributed by atoms with van der Waals surface area (Å²) < 4.78 is 1.16. The second-order valence-corrected chi connectivity index (χ2v) is 6.14. The van der Waals surface area contributed by atoms with Gasteiger partial charge in [0, 0.05) is 31.2 Å². The number of rotatable bonds is 3. The van der Waals surface area contributed by atoms with Crippen LogP contribution in [0.2, 0.25) is 0 Å². The van der Waals surface area contributed by atoms with E-state index in [0.29, 0.717) is 0 Å². The van der Waals surface area contributed by atoms with Crippen LogP contribution < -0.4 is 11.1 Å². The molecule has 0 fully saturated rings. The molecule has 3 N–H and O–H groups in total. The van der Waals surface area contributed by atoms with E-state index in [9.17, 15) is 0 Å². The van der Waals surface area contributed by atoms with Gasteiger partial charge in [-0.15, -0.1) is 11.3 Å². The minimum absolute atomic E-state index is 0.807. The Kier molecular flexibility index (Phi) is 3.70. The fourth-order valence-corrected chi connectivity index (χ4v) is 3.00. The number of aryl methyl sites for hydroxylation is 1. The van der Waals surface area contributed by atoms with Crippen molar-refractivity contribution in [2.45, 2.75) is 13.5 Å².